The molecular weight excluding hydrogens is 488 g/mol. The van der Waals surface area contributed by atoms with Gasteiger partial charge >= 0.3 is 0 Å². The number of carbonyl (C=O) groups is 3. The Hall–Kier alpha value is -4.00. The summed E-state index contributed by atoms with van der Waals surface area (Å²) in [7, 11) is 0. The molecule has 2 fully saturated rings. The summed E-state index contributed by atoms with van der Waals surface area (Å²) in [5, 5.41) is 0. The molecule has 1 aromatic heterocycles. The Morgan fingerprint density at radius 3 is 2.36 bits per heavy atom. The predicted molar refractivity (Wildman–Crippen MR) is 149 cm³/mol. The van der Waals surface area contributed by atoms with Gasteiger partial charge in [0.2, 0.25) is 5.91 Å². The van der Waals surface area contributed by atoms with Crippen LogP contribution in [0.4, 0.5) is 5.69 Å². The summed E-state index contributed by atoms with van der Waals surface area (Å²) in [5.41, 5.74) is 3.77. The first-order chi connectivity index (χ1) is 19.1. The van der Waals surface area contributed by atoms with E-state index in [-0.39, 0.29) is 30.2 Å². The molecule has 3 amide bonds. The first-order valence-corrected chi connectivity index (χ1v) is 14.1. The third-order valence-electron chi connectivity index (χ3n) is 8.52. The van der Waals surface area contributed by atoms with Gasteiger partial charge in [-0.2, -0.15) is 0 Å². The van der Waals surface area contributed by atoms with Gasteiger partial charge in [0.25, 0.3) is 11.8 Å². The number of carbonyl (C=O) groups excluding carboxylic acids is 3. The standard InChI is InChI=1S/C32H34N4O3/c37-30(35-18-7-10-24(14-21-35)23-8-2-1-3-9-23)25-15-19-34(20-16-25)28-13-6-12-27-29(28)32(39)36(31(27)38)22-26-11-4-5-17-33-26/h1-6,8-9,11-13,17,24-25H,7,10,14-16,18-22H2. The summed E-state index contributed by atoms with van der Waals surface area (Å²) in [6.45, 7) is 3.18. The Bertz CT molecular complexity index is 1350. The van der Waals surface area contributed by atoms with Crippen molar-refractivity contribution in [3.63, 3.8) is 0 Å². The molecule has 2 saturated heterocycles. The molecule has 0 spiro atoms. The summed E-state index contributed by atoms with van der Waals surface area (Å²) in [6.07, 6.45) is 6.33. The maximum Gasteiger partial charge on any atom is 0.264 e. The predicted octanol–water partition coefficient (Wildman–Crippen LogP) is 4.89. The molecule has 3 aliphatic rings. The van der Waals surface area contributed by atoms with Crippen LogP contribution in [-0.2, 0) is 11.3 Å². The van der Waals surface area contributed by atoms with Crippen molar-refractivity contribution in [3.05, 3.63) is 95.3 Å². The number of nitrogens with zero attached hydrogens (tertiary/aromatic N) is 4. The smallest absolute Gasteiger partial charge is 0.264 e. The van der Waals surface area contributed by atoms with Crippen LogP contribution in [0.25, 0.3) is 0 Å². The van der Waals surface area contributed by atoms with Crippen molar-refractivity contribution in [3.8, 4) is 0 Å². The topological polar surface area (TPSA) is 73.8 Å². The molecule has 3 aliphatic heterocycles. The quantitative estimate of drug-likeness (QED) is 0.446. The summed E-state index contributed by atoms with van der Waals surface area (Å²) in [5.74, 6) is 0.247. The van der Waals surface area contributed by atoms with E-state index in [1.807, 2.05) is 30.3 Å². The fourth-order valence-electron chi connectivity index (χ4n) is 6.38. The second-order valence-corrected chi connectivity index (χ2v) is 10.8. The Morgan fingerprint density at radius 1 is 0.795 bits per heavy atom. The van der Waals surface area contributed by atoms with Crippen molar-refractivity contribution in [2.24, 2.45) is 5.92 Å². The maximum absolute atomic E-state index is 13.5. The SMILES string of the molecule is O=C(C1CCN(c2cccc3c2C(=O)N(Cc2ccccn2)C3=O)CC1)N1CCCC(c2ccccc2)CC1. The second-order valence-electron chi connectivity index (χ2n) is 10.8. The van der Waals surface area contributed by atoms with Gasteiger partial charge in [0.15, 0.2) is 0 Å². The van der Waals surface area contributed by atoms with Crippen LogP contribution in [0.15, 0.2) is 72.9 Å². The van der Waals surface area contributed by atoms with Crippen LogP contribution in [0.5, 0.6) is 0 Å². The van der Waals surface area contributed by atoms with Crippen LogP contribution < -0.4 is 4.90 Å². The number of likely N-dealkylation sites (tertiary alicyclic amines) is 1. The Kier molecular flexibility index (Phi) is 7.14. The molecule has 200 valence electrons. The van der Waals surface area contributed by atoms with Crippen molar-refractivity contribution >= 4 is 23.4 Å². The van der Waals surface area contributed by atoms with Gasteiger partial charge in [-0.3, -0.25) is 24.3 Å². The number of amides is 3. The Balaban J connectivity index is 1.10. The molecule has 7 heteroatoms. The zero-order chi connectivity index (χ0) is 26.8. The van der Waals surface area contributed by atoms with Crippen LogP contribution in [0.1, 0.15) is 70.0 Å². The van der Waals surface area contributed by atoms with Crippen molar-refractivity contribution in [1.82, 2.24) is 14.8 Å². The van der Waals surface area contributed by atoms with Gasteiger partial charge < -0.3 is 9.80 Å². The molecule has 0 bridgehead atoms. The molecule has 0 N–H and O–H groups in total. The van der Waals surface area contributed by atoms with Crippen molar-refractivity contribution in [2.45, 2.75) is 44.6 Å². The molecule has 4 heterocycles. The molecule has 1 atom stereocenters. The number of benzene rings is 2. The Labute approximate surface area is 229 Å². The average Bonchev–Trinajstić information content (AvgIpc) is 3.14. The van der Waals surface area contributed by atoms with E-state index in [9.17, 15) is 14.4 Å². The molecule has 6 rings (SSSR count). The summed E-state index contributed by atoms with van der Waals surface area (Å²) >= 11 is 0. The van der Waals surface area contributed by atoms with E-state index in [1.165, 1.54) is 10.5 Å². The first kappa shape index (κ1) is 25.3. The molecule has 39 heavy (non-hydrogen) atoms. The van der Waals surface area contributed by atoms with Gasteiger partial charge in [0, 0.05) is 38.3 Å². The number of hydrogen-bond donors (Lipinski definition) is 0. The Morgan fingerprint density at radius 2 is 1.59 bits per heavy atom. The van der Waals surface area contributed by atoms with E-state index < -0.39 is 0 Å². The molecule has 0 radical (unpaired) electrons. The lowest BCUT2D eigenvalue weighted by Gasteiger charge is -2.36. The highest BCUT2D eigenvalue weighted by molar-refractivity contribution is 6.23. The fraction of sp³-hybridized carbons (Fsp3) is 0.375. The monoisotopic (exact) mass is 522 g/mol. The number of rotatable bonds is 5. The minimum Gasteiger partial charge on any atom is -0.371 e. The maximum atomic E-state index is 13.5. The van der Waals surface area contributed by atoms with Crippen molar-refractivity contribution in [1.29, 1.82) is 0 Å². The van der Waals surface area contributed by atoms with E-state index in [0.717, 1.165) is 50.9 Å². The van der Waals surface area contributed by atoms with Gasteiger partial charge in [-0.05, 0) is 67.9 Å². The van der Waals surface area contributed by atoms with Gasteiger partial charge in [-0.25, -0.2) is 0 Å². The van der Waals surface area contributed by atoms with E-state index >= 15 is 0 Å². The molecule has 7 nitrogen and oxygen atoms in total. The molecule has 1 unspecified atom stereocenters. The molecule has 2 aromatic carbocycles. The molecule has 0 saturated carbocycles. The van der Waals surface area contributed by atoms with Gasteiger partial charge in [-0.1, -0.05) is 42.5 Å². The lowest BCUT2D eigenvalue weighted by atomic mass is 9.92. The number of aromatic nitrogens is 1. The number of anilines is 1. The highest BCUT2D eigenvalue weighted by Crippen LogP contribution is 2.35. The summed E-state index contributed by atoms with van der Waals surface area (Å²) in [4.78, 5) is 49.8. The lowest BCUT2D eigenvalue weighted by molar-refractivity contribution is -0.136. The van der Waals surface area contributed by atoms with Crippen molar-refractivity contribution < 1.29 is 14.4 Å². The third-order valence-corrected chi connectivity index (χ3v) is 8.52. The van der Waals surface area contributed by atoms with E-state index in [0.29, 0.717) is 35.8 Å². The van der Waals surface area contributed by atoms with Gasteiger partial charge in [0.1, 0.15) is 0 Å². The summed E-state index contributed by atoms with van der Waals surface area (Å²) < 4.78 is 0. The number of hydrogen-bond acceptors (Lipinski definition) is 5. The molecule has 3 aromatic rings. The number of fused-ring (bicyclic) bond motifs is 1. The minimum absolute atomic E-state index is 0.00396. The highest BCUT2D eigenvalue weighted by atomic mass is 16.2. The largest absolute Gasteiger partial charge is 0.371 e. The van der Waals surface area contributed by atoms with Crippen LogP contribution in [0.2, 0.25) is 0 Å². The zero-order valence-corrected chi connectivity index (χ0v) is 22.2. The van der Waals surface area contributed by atoms with E-state index in [2.05, 4.69) is 45.1 Å². The molecule has 0 aliphatic carbocycles. The lowest BCUT2D eigenvalue weighted by Crippen LogP contribution is -2.43. The van der Waals surface area contributed by atoms with Crippen molar-refractivity contribution in [2.75, 3.05) is 31.1 Å². The molecular formula is C32H34N4O3. The van der Waals surface area contributed by atoms with E-state index in [1.54, 1.807) is 12.3 Å². The van der Waals surface area contributed by atoms with Gasteiger partial charge in [-0.15, -0.1) is 0 Å². The van der Waals surface area contributed by atoms with Crippen LogP contribution in [0.3, 0.4) is 0 Å². The number of pyridine rings is 1. The fourth-order valence-corrected chi connectivity index (χ4v) is 6.38. The average molecular weight is 523 g/mol. The highest BCUT2D eigenvalue weighted by Gasteiger charge is 2.39. The van der Waals surface area contributed by atoms with Gasteiger partial charge in [0.05, 0.1) is 29.1 Å². The van der Waals surface area contributed by atoms with E-state index in [4.69, 9.17) is 0 Å². The second kappa shape index (κ2) is 11.0. The first-order valence-electron chi connectivity index (χ1n) is 14.1. The van der Waals surface area contributed by atoms with Crippen LogP contribution in [-0.4, -0.2) is 58.7 Å². The normalized spacial score (nSPS) is 20.2. The zero-order valence-electron chi connectivity index (χ0n) is 22.2. The minimum atomic E-state index is -0.275. The summed E-state index contributed by atoms with van der Waals surface area (Å²) in [6, 6.07) is 21.6. The van der Waals surface area contributed by atoms with Crippen LogP contribution >= 0.6 is 0 Å². The third kappa shape index (κ3) is 5.05. The van der Waals surface area contributed by atoms with Crippen LogP contribution in [0, 0.1) is 5.92 Å². The number of imide groups is 1. The number of piperidine rings is 1.